The van der Waals surface area contributed by atoms with Gasteiger partial charge in [0.25, 0.3) is 0 Å². The maximum absolute atomic E-state index is 11.7. The van der Waals surface area contributed by atoms with Gasteiger partial charge in [-0.2, -0.15) is 0 Å². The van der Waals surface area contributed by atoms with E-state index in [0.29, 0.717) is 6.42 Å². The van der Waals surface area contributed by atoms with Crippen LogP contribution >= 0.6 is 0 Å². The minimum absolute atomic E-state index is 0.0733. The molecule has 0 bridgehead atoms. The van der Waals surface area contributed by atoms with Gasteiger partial charge in [0, 0.05) is 19.3 Å². The molecule has 0 aliphatic rings. The van der Waals surface area contributed by atoms with Crippen LogP contribution in [0.5, 0.6) is 0 Å². The Labute approximate surface area is 126 Å². The first-order valence-corrected chi connectivity index (χ1v) is 7.09. The average Bonchev–Trinajstić information content (AvgIpc) is 2.20. The molecule has 0 aromatic carbocycles. The second kappa shape index (κ2) is 7.64. The minimum Gasteiger partial charge on any atom is -0.459 e. The molecule has 0 aromatic heterocycles. The molecule has 6 nitrogen and oxygen atoms in total. The molecule has 0 radical (unpaired) electrons. The van der Waals surface area contributed by atoms with Gasteiger partial charge in [0.05, 0.1) is 6.10 Å². The lowest BCUT2D eigenvalue weighted by Gasteiger charge is -2.31. The second-order valence-electron chi connectivity index (χ2n) is 6.57. The quantitative estimate of drug-likeness (QED) is 0.728. The van der Waals surface area contributed by atoms with Crippen molar-refractivity contribution in [2.45, 2.75) is 72.2 Å². The monoisotopic (exact) mass is 304 g/mol. The van der Waals surface area contributed by atoms with Crippen LogP contribution in [-0.2, 0) is 19.0 Å². The summed E-state index contributed by atoms with van der Waals surface area (Å²) in [7, 11) is 0. The van der Waals surface area contributed by atoms with Gasteiger partial charge >= 0.3 is 12.1 Å². The first kappa shape index (κ1) is 19.7. The van der Waals surface area contributed by atoms with Gasteiger partial charge in [-0.25, -0.2) is 4.79 Å². The summed E-state index contributed by atoms with van der Waals surface area (Å²) >= 11 is 0. The van der Waals surface area contributed by atoms with Gasteiger partial charge in [-0.1, -0.05) is 6.92 Å². The standard InChI is InChI=1S/C15H28O6/c1-10(15(6,7)20-12(3)17)9-19-13(18)21-14(4,5)8-11(2)16/h10-11,16H,8-9H2,1-7H3. The van der Waals surface area contributed by atoms with E-state index in [2.05, 4.69) is 0 Å². The van der Waals surface area contributed by atoms with Crippen LogP contribution in [0.15, 0.2) is 0 Å². The molecule has 0 saturated heterocycles. The van der Waals surface area contributed by atoms with E-state index in [0.717, 1.165) is 0 Å². The molecule has 0 rings (SSSR count). The smallest absolute Gasteiger partial charge is 0.459 e. The van der Waals surface area contributed by atoms with Crippen molar-refractivity contribution in [3.63, 3.8) is 0 Å². The Morgan fingerprint density at radius 2 is 1.62 bits per heavy atom. The second-order valence-corrected chi connectivity index (χ2v) is 6.57. The van der Waals surface area contributed by atoms with Crippen molar-refractivity contribution >= 4 is 12.1 Å². The van der Waals surface area contributed by atoms with Crippen LogP contribution in [0.25, 0.3) is 0 Å². The third kappa shape index (κ3) is 8.55. The number of aliphatic hydroxyl groups excluding tert-OH is 1. The van der Waals surface area contributed by atoms with E-state index in [4.69, 9.17) is 14.2 Å². The summed E-state index contributed by atoms with van der Waals surface area (Å²) in [5.41, 5.74) is -1.54. The van der Waals surface area contributed by atoms with Crippen LogP contribution in [0.2, 0.25) is 0 Å². The average molecular weight is 304 g/mol. The number of hydrogen-bond acceptors (Lipinski definition) is 6. The summed E-state index contributed by atoms with van der Waals surface area (Å²) < 4.78 is 15.4. The Morgan fingerprint density at radius 3 is 2.05 bits per heavy atom. The van der Waals surface area contributed by atoms with Crippen LogP contribution in [-0.4, -0.2) is 41.1 Å². The van der Waals surface area contributed by atoms with Gasteiger partial charge in [-0.15, -0.1) is 0 Å². The highest BCUT2D eigenvalue weighted by Crippen LogP contribution is 2.23. The third-order valence-corrected chi connectivity index (χ3v) is 3.19. The van der Waals surface area contributed by atoms with Crippen molar-refractivity contribution in [2.75, 3.05) is 6.61 Å². The topological polar surface area (TPSA) is 82.1 Å². The van der Waals surface area contributed by atoms with Crippen LogP contribution < -0.4 is 0 Å². The lowest BCUT2D eigenvalue weighted by molar-refractivity contribution is -0.160. The van der Waals surface area contributed by atoms with Crippen molar-refractivity contribution in [1.82, 2.24) is 0 Å². The predicted octanol–water partition coefficient (Wildman–Crippen LogP) is 2.67. The summed E-state index contributed by atoms with van der Waals surface area (Å²) in [4.78, 5) is 22.7. The van der Waals surface area contributed by atoms with Gasteiger partial charge < -0.3 is 19.3 Å². The first-order valence-electron chi connectivity index (χ1n) is 7.09. The van der Waals surface area contributed by atoms with Crippen molar-refractivity contribution in [2.24, 2.45) is 5.92 Å². The molecule has 0 fully saturated rings. The molecule has 0 aromatic rings. The fourth-order valence-corrected chi connectivity index (χ4v) is 1.87. The highest BCUT2D eigenvalue weighted by Gasteiger charge is 2.31. The number of hydrogen-bond donors (Lipinski definition) is 1. The summed E-state index contributed by atoms with van der Waals surface area (Å²) in [6, 6.07) is 0. The molecule has 0 saturated carbocycles. The number of rotatable bonds is 7. The zero-order valence-electron chi connectivity index (χ0n) is 14.1. The number of carbonyl (C=O) groups is 2. The minimum atomic E-state index is -0.806. The highest BCUT2D eigenvalue weighted by atomic mass is 16.7. The molecule has 21 heavy (non-hydrogen) atoms. The molecule has 6 heteroatoms. The largest absolute Gasteiger partial charge is 0.508 e. The molecule has 2 atom stereocenters. The molecular weight excluding hydrogens is 276 g/mol. The Balaban J connectivity index is 4.33. The third-order valence-electron chi connectivity index (χ3n) is 3.19. The van der Waals surface area contributed by atoms with Gasteiger partial charge in [0.2, 0.25) is 0 Å². The molecular formula is C15H28O6. The molecule has 0 aliphatic carbocycles. The molecule has 1 N–H and O–H groups in total. The molecule has 0 amide bonds. The van der Waals surface area contributed by atoms with Crippen LogP contribution in [0.3, 0.4) is 0 Å². The van der Waals surface area contributed by atoms with Crippen LogP contribution in [0.4, 0.5) is 4.79 Å². The number of carbonyl (C=O) groups excluding carboxylic acids is 2. The van der Waals surface area contributed by atoms with E-state index >= 15 is 0 Å². The summed E-state index contributed by atoms with van der Waals surface area (Å²) in [5, 5.41) is 9.33. The van der Waals surface area contributed by atoms with E-state index in [9.17, 15) is 14.7 Å². The number of esters is 1. The van der Waals surface area contributed by atoms with E-state index in [1.165, 1.54) is 6.92 Å². The normalized spacial score (nSPS) is 15.0. The van der Waals surface area contributed by atoms with Crippen molar-refractivity contribution in [3.8, 4) is 0 Å². The molecule has 124 valence electrons. The molecule has 0 spiro atoms. The van der Waals surface area contributed by atoms with Crippen molar-refractivity contribution in [3.05, 3.63) is 0 Å². The van der Waals surface area contributed by atoms with Gasteiger partial charge in [0.1, 0.15) is 17.8 Å². The summed E-state index contributed by atoms with van der Waals surface area (Å²) in [6.07, 6.45) is -1.06. The van der Waals surface area contributed by atoms with Gasteiger partial charge in [-0.3, -0.25) is 4.79 Å². The van der Waals surface area contributed by atoms with Gasteiger partial charge in [0.15, 0.2) is 0 Å². The zero-order valence-corrected chi connectivity index (χ0v) is 14.1. The van der Waals surface area contributed by atoms with E-state index < -0.39 is 23.5 Å². The number of ether oxygens (including phenoxy) is 3. The maximum Gasteiger partial charge on any atom is 0.508 e. The Hall–Kier alpha value is -1.30. The van der Waals surface area contributed by atoms with E-state index in [1.54, 1.807) is 34.6 Å². The van der Waals surface area contributed by atoms with Crippen molar-refractivity contribution < 1.29 is 28.9 Å². The van der Waals surface area contributed by atoms with Crippen molar-refractivity contribution in [1.29, 1.82) is 0 Å². The molecule has 0 aliphatic heterocycles. The SMILES string of the molecule is CC(=O)OC(C)(C)C(C)COC(=O)OC(C)(C)CC(C)O. The number of aliphatic hydroxyl groups is 1. The molecule has 0 heterocycles. The van der Waals surface area contributed by atoms with Crippen LogP contribution in [0, 0.1) is 5.92 Å². The summed E-state index contributed by atoms with van der Waals surface area (Å²) in [5.74, 6) is -0.568. The summed E-state index contributed by atoms with van der Waals surface area (Å²) in [6.45, 7) is 11.8. The highest BCUT2D eigenvalue weighted by molar-refractivity contribution is 5.66. The lowest BCUT2D eigenvalue weighted by atomic mass is 9.93. The Morgan fingerprint density at radius 1 is 1.10 bits per heavy atom. The molecule has 2 unspecified atom stereocenters. The first-order chi connectivity index (χ1) is 9.35. The maximum atomic E-state index is 11.7. The van der Waals surface area contributed by atoms with E-state index in [-0.39, 0.29) is 18.5 Å². The predicted molar refractivity (Wildman–Crippen MR) is 77.8 cm³/mol. The fraction of sp³-hybridized carbons (Fsp3) is 0.867. The van der Waals surface area contributed by atoms with E-state index in [1.807, 2.05) is 6.92 Å². The van der Waals surface area contributed by atoms with Gasteiger partial charge in [-0.05, 0) is 34.6 Å². The Kier molecular flexibility index (Phi) is 7.16. The van der Waals surface area contributed by atoms with Crippen LogP contribution in [0.1, 0.15) is 54.9 Å². The lowest BCUT2D eigenvalue weighted by Crippen LogP contribution is -2.38. The Bertz CT molecular complexity index is 359. The fourth-order valence-electron chi connectivity index (χ4n) is 1.87. The zero-order chi connectivity index (χ0) is 16.8.